The van der Waals surface area contributed by atoms with E-state index in [1.54, 1.807) is 0 Å². The summed E-state index contributed by atoms with van der Waals surface area (Å²) in [5, 5.41) is 0. The second kappa shape index (κ2) is 4.57. The molecule has 2 rings (SSSR count). The minimum Gasteiger partial charge on any atom is -0.342 e. The van der Waals surface area contributed by atoms with Crippen molar-refractivity contribution in [1.82, 2.24) is 4.57 Å². The van der Waals surface area contributed by atoms with E-state index >= 15 is 0 Å². The van der Waals surface area contributed by atoms with Gasteiger partial charge in [-0.25, -0.2) is 0 Å². The Morgan fingerprint density at radius 3 is 2.05 bits per heavy atom. The number of benzene rings is 1. The molecule has 0 aliphatic rings. The largest absolute Gasteiger partial charge is 0.417 e. The summed E-state index contributed by atoms with van der Waals surface area (Å²) < 4.78 is 78.7. The highest BCUT2D eigenvalue weighted by molar-refractivity contribution is 5.67. The van der Waals surface area contributed by atoms with E-state index in [9.17, 15) is 26.3 Å². The summed E-state index contributed by atoms with van der Waals surface area (Å²) in [6.07, 6.45) is -7.61. The molecule has 0 N–H and O–H groups in total. The quantitative estimate of drug-likeness (QED) is 0.681. The van der Waals surface area contributed by atoms with Crippen molar-refractivity contribution in [3.63, 3.8) is 0 Å². The van der Waals surface area contributed by atoms with Crippen molar-refractivity contribution in [2.75, 3.05) is 0 Å². The Morgan fingerprint density at radius 2 is 1.60 bits per heavy atom. The maximum Gasteiger partial charge on any atom is 0.417 e. The third-order valence-electron chi connectivity index (χ3n) is 2.80. The molecule has 1 radical (unpaired) electrons. The van der Waals surface area contributed by atoms with Gasteiger partial charge in [-0.3, -0.25) is 0 Å². The molecular weight excluding hydrogens is 284 g/mol. The van der Waals surface area contributed by atoms with Gasteiger partial charge >= 0.3 is 12.4 Å². The first kappa shape index (κ1) is 14.5. The minimum absolute atomic E-state index is 0.0171. The van der Waals surface area contributed by atoms with Crippen molar-refractivity contribution < 1.29 is 26.3 Å². The van der Waals surface area contributed by atoms with Gasteiger partial charge in [-0.15, -0.1) is 0 Å². The third kappa shape index (κ3) is 2.52. The molecule has 20 heavy (non-hydrogen) atoms. The normalized spacial score (nSPS) is 12.8. The van der Waals surface area contributed by atoms with E-state index in [0.29, 0.717) is 6.07 Å². The van der Waals surface area contributed by atoms with Crippen LogP contribution in [-0.2, 0) is 19.4 Å². The summed E-state index contributed by atoms with van der Waals surface area (Å²) in [5.41, 5.74) is -3.87. The highest BCUT2D eigenvalue weighted by atomic mass is 19.4. The molecule has 1 nitrogen and oxygen atoms in total. The fraction of sp³-hybridized carbons (Fsp3) is 0.231. The van der Waals surface area contributed by atoms with Gasteiger partial charge in [0.25, 0.3) is 0 Å². The second-order valence-corrected chi connectivity index (χ2v) is 4.13. The smallest absolute Gasteiger partial charge is 0.342 e. The Bertz CT molecular complexity index is 621. The lowest BCUT2D eigenvalue weighted by atomic mass is 9.97. The highest BCUT2D eigenvalue weighted by Crippen LogP contribution is 2.44. The first-order valence-corrected chi connectivity index (χ1v) is 5.43. The SMILES string of the molecule is Cn1[c]ccc1-c1cccc(C(F)(F)F)c1C(F)(F)F. The summed E-state index contributed by atoms with van der Waals surface area (Å²) in [5.74, 6) is 0. The molecule has 0 fully saturated rings. The van der Waals surface area contributed by atoms with E-state index in [0.717, 1.165) is 12.1 Å². The van der Waals surface area contributed by atoms with Crippen LogP contribution in [0.25, 0.3) is 11.3 Å². The molecular formula is C13H8F6N. The zero-order valence-electron chi connectivity index (χ0n) is 10.1. The molecule has 0 saturated carbocycles. The Hall–Kier alpha value is -1.92. The lowest BCUT2D eigenvalue weighted by molar-refractivity contribution is -0.161. The molecule has 0 atom stereocenters. The van der Waals surface area contributed by atoms with E-state index in [2.05, 4.69) is 6.20 Å². The number of halogens is 6. The molecule has 0 amide bonds. The summed E-state index contributed by atoms with van der Waals surface area (Å²) >= 11 is 0. The average Bonchev–Trinajstić information content (AvgIpc) is 2.72. The Labute approximate surface area is 110 Å². The van der Waals surface area contributed by atoms with Gasteiger partial charge in [0.2, 0.25) is 0 Å². The van der Waals surface area contributed by atoms with Crippen LogP contribution in [0, 0.1) is 6.20 Å². The van der Waals surface area contributed by atoms with Crippen molar-refractivity contribution in [1.29, 1.82) is 0 Å². The van der Waals surface area contributed by atoms with Crippen molar-refractivity contribution in [2.45, 2.75) is 12.4 Å². The fourth-order valence-corrected chi connectivity index (χ4v) is 1.99. The van der Waals surface area contributed by atoms with Gasteiger partial charge in [-0.05, 0) is 18.2 Å². The number of nitrogens with zero attached hydrogens (tertiary/aromatic N) is 1. The van der Waals surface area contributed by atoms with Crippen LogP contribution in [-0.4, -0.2) is 4.57 Å². The molecule has 0 aliphatic carbocycles. The second-order valence-electron chi connectivity index (χ2n) is 4.13. The number of aromatic nitrogens is 1. The molecule has 1 aromatic carbocycles. The molecule has 7 heteroatoms. The fourth-order valence-electron chi connectivity index (χ4n) is 1.99. The van der Waals surface area contributed by atoms with Gasteiger partial charge in [-0.2, -0.15) is 26.3 Å². The van der Waals surface area contributed by atoms with Crippen LogP contribution >= 0.6 is 0 Å². The van der Waals surface area contributed by atoms with E-state index in [1.807, 2.05) is 0 Å². The van der Waals surface area contributed by atoms with Gasteiger partial charge in [-0.1, -0.05) is 12.1 Å². The molecule has 2 aromatic rings. The van der Waals surface area contributed by atoms with Crippen LogP contribution in [0.1, 0.15) is 11.1 Å². The van der Waals surface area contributed by atoms with Gasteiger partial charge < -0.3 is 4.57 Å². The van der Waals surface area contributed by atoms with Crippen LogP contribution < -0.4 is 0 Å². The molecule has 0 spiro atoms. The predicted molar refractivity (Wildman–Crippen MR) is 59.7 cm³/mol. The van der Waals surface area contributed by atoms with Crippen molar-refractivity contribution >= 4 is 0 Å². The van der Waals surface area contributed by atoms with Crippen LogP contribution in [0.2, 0.25) is 0 Å². The number of rotatable bonds is 1. The van der Waals surface area contributed by atoms with E-state index in [1.165, 1.54) is 23.7 Å². The molecule has 107 valence electrons. The van der Waals surface area contributed by atoms with Gasteiger partial charge in [0.1, 0.15) is 0 Å². The maximum absolute atomic E-state index is 13.0. The predicted octanol–water partition coefficient (Wildman–Crippen LogP) is 4.53. The standard InChI is InChI=1S/C13H8F6N/c1-20-7-3-6-10(20)8-4-2-5-9(12(14,15)16)11(8)13(17,18)19/h2-6H,1H3. The van der Waals surface area contributed by atoms with Crippen LogP contribution in [0.5, 0.6) is 0 Å². The molecule has 1 heterocycles. The Kier molecular flexibility index (Phi) is 3.31. The first-order chi connectivity index (χ1) is 9.12. The van der Waals surface area contributed by atoms with Crippen molar-refractivity contribution in [3.8, 4) is 11.3 Å². The van der Waals surface area contributed by atoms with E-state index in [-0.39, 0.29) is 5.69 Å². The van der Waals surface area contributed by atoms with Crippen LogP contribution in [0.4, 0.5) is 26.3 Å². The molecule has 1 aromatic heterocycles. The van der Waals surface area contributed by atoms with Gasteiger partial charge in [0.05, 0.1) is 17.3 Å². The lowest BCUT2D eigenvalue weighted by Crippen LogP contribution is -2.18. The number of aryl methyl sites for hydroxylation is 1. The van der Waals surface area contributed by atoms with Crippen molar-refractivity contribution in [2.24, 2.45) is 7.05 Å². The minimum atomic E-state index is -5.11. The summed E-state index contributed by atoms with van der Waals surface area (Å²) in [4.78, 5) is 0. The Balaban J connectivity index is 2.80. The van der Waals surface area contributed by atoms with E-state index in [4.69, 9.17) is 0 Å². The zero-order valence-corrected chi connectivity index (χ0v) is 10.1. The average molecular weight is 292 g/mol. The monoisotopic (exact) mass is 292 g/mol. The highest BCUT2D eigenvalue weighted by Gasteiger charge is 2.45. The van der Waals surface area contributed by atoms with Crippen LogP contribution in [0.15, 0.2) is 30.3 Å². The topological polar surface area (TPSA) is 4.93 Å². The van der Waals surface area contributed by atoms with Crippen molar-refractivity contribution in [3.05, 3.63) is 47.7 Å². The summed E-state index contributed by atoms with van der Waals surface area (Å²) in [6, 6.07) is 5.03. The zero-order chi connectivity index (χ0) is 15.1. The van der Waals surface area contributed by atoms with Gasteiger partial charge in [0, 0.05) is 18.3 Å². The molecule has 0 saturated heterocycles. The molecule has 0 bridgehead atoms. The third-order valence-corrected chi connectivity index (χ3v) is 2.80. The lowest BCUT2D eigenvalue weighted by Gasteiger charge is -2.19. The Morgan fingerprint density at radius 1 is 0.950 bits per heavy atom. The van der Waals surface area contributed by atoms with E-state index < -0.39 is 29.0 Å². The number of hydrogen-bond donors (Lipinski definition) is 0. The number of alkyl halides is 6. The summed E-state index contributed by atoms with van der Waals surface area (Å²) in [7, 11) is 1.41. The number of hydrogen-bond acceptors (Lipinski definition) is 0. The molecule has 0 aliphatic heterocycles. The summed E-state index contributed by atoms with van der Waals surface area (Å²) in [6.45, 7) is 0. The van der Waals surface area contributed by atoms with Crippen LogP contribution in [0.3, 0.4) is 0 Å². The molecule has 0 unspecified atom stereocenters. The maximum atomic E-state index is 13.0. The van der Waals surface area contributed by atoms with Gasteiger partial charge in [0.15, 0.2) is 0 Å². The first-order valence-electron chi connectivity index (χ1n) is 5.43.